The number of rotatable bonds is 13. The van der Waals surface area contributed by atoms with Crippen LogP contribution in [0.4, 0.5) is 22.2 Å². The van der Waals surface area contributed by atoms with E-state index in [9.17, 15) is 9.59 Å². The zero-order chi connectivity index (χ0) is 29.4. The molecule has 8 nitrogen and oxygen atoms in total. The number of amides is 1. The first-order valence-corrected chi connectivity index (χ1v) is 15.0. The zero-order valence-electron chi connectivity index (χ0n) is 25.1. The van der Waals surface area contributed by atoms with Crippen molar-refractivity contribution in [1.82, 2.24) is 4.98 Å². The van der Waals surface area contributed by atoms with Gasteiger partial charge in [0.15, 0.2) is 0 Å². The van der Waals surface area contributed by atoms with Crippen LogP contribution in [0.1, 0.15) is 77.2 Å². The van der Waals surface area contributed by atoms with Gasteiger partial charge < -0.3 is 15.0 Å². The highest BCUT2D eigenvalue weighted by atomic mass is 32.1. The summed E-state index contributed by atoms with van der Waals surface area (Å²) in [6, 6.07) is 9.28. The Balaban J connectivity index is 1.88. The van der Waals surface area contributed by atoms with Gasteiger partial charge in [-0.05, 0) is 60.6 Å². The summed E-state index contributed by atoms with van der Waals surface area (Å²) in [5.41, 5.74) is 4.55. The topological polar surface area (TPSA) is 96.2 Å². The molecule has 1 aromatic heterocycles. The van der Waals surface area contributed by atoms with Crippen LogP contribution in [0, 0.1) is 24.7 Å². The quantitative estimate of drug-likeness (QED) is 0.165. The van der Waals surface area contributed by atoms with Crippen molar-refractivity contribution in [3.63, 3.8) is 0 Å². The van der Waals surface area contributed by atoms with Gasteiger partial charge in [-0.1, -0.05) is 65.7 Å². The van der Waals surface area contributed by atoms with Gasteiger partial charge in [0.1, 0.15) is 5.69 Å². The smallest absolute Gasteiger partial charge is 0.338 e. The van der Waals surface area contributed by atoms with Crippen LogP contribution in [0.5, 0.6) is 0 Å². The number of nitrogens with zero attached hydrogens (tertiary/aromatic N) is 4. The van der Waals surface area contributed by atoms with Gasteiger partial charge in [-0.3, -0.25) is 4.79 Å². The summed E-state index contributed by atoms with van der Waals surface area (Å²) >= 11 is 1.35. The van der Waals surface area contributed by atoms with E-state index in [1.807, 2.05) is 12.1 Å². The molecule has 0 aliphatic carbocycles. The van der Waals surface area contributed by atoms with Crippen LogP contribution in [0.3, 0.4) is 0 Å². The van der Waals surface area contributed by atoms with Crippen LogP contribution in [0.2, 0.25) is 0 Å². The molecule has 0 aliphatic rings. The van der Waals surface area contributed by atoms with E-state index < -0.39 is 0 Å². The first-order valence-electron chi connectivity index (χ1n) is 14.2. The number of anilines is 2. The molecule has 216 valence electrons. The standard InChI is InChI=1S/C31H43N5O3S/c1-9-23(10-2)18-39-30(38)24-11-12-25-29(14-24)40-31(33-25)35-34-27-13-21(7)28(15-26(27)32-22(8)37)36(16-19(3)4)17-20(5)6/h11-15,19-20,23H,9-10,16-18H2,1-8H3,(H,32,37). The molecular formula is C31H43N5O3S. The predicted molar refractivity (Wildman–Crippen MR) is 166 cm³/mol. The normalized spacial score (nSPS) is 11.8. The number of esters is 1. The molecule has 3 aromatic rings. The fraction of sp³-hybridized carbons (Fsp3) is 0.516. The zero-order valence-corrected chi connectivity index (χ0v) is 25.9. The number of benzene rings is 2. The van der Waals surface area contributed by atoms with Crippen molar-refractivity contribution in [1.29, 1.82) is 0 Å². The lowest BCUT2D eigenvalue weighted by Gasteiger charge is -2.30. The van der Waals surface area contributed by atoms with Gasteiger partial charge in [-0.2, -0.15) is 0 Å². The number of carbonyl (C=O) groups is 2. The van der Waals surface area contributed by atoms with E-state index in [0.29, 0.717) is 46.4 Å². The van der Waals surface area contributed by atoms with E-state index in [1.165, 1.54) is 18.3 Å². The second kappa shape index (κ2) is 14.3. The second-order valence-corrected chi connectivity index (χ2v) is 12.2. The van der Waals surface area contributed by atoms with Crippen molar-refractivity contribution in [2.45, 2.75) is 68.2 Å². The third-order valence-electron chi connectivity index (χ3n) is 6.60. The average Bonchev–Trinajstić information content (AvgIpc) is 3.30. The summed E-state index contributed by atoms with van der Waals surface area (Å²) < 4.78 is 6.35. The molecular weight excluding hydrogens is 522 g/mol. The van der Waals surface area contributed by atoms with Gasteiger partial charge in [0.2, 0.25) is 11.0 Å². The predicted octanol–water partition coefficient (Wildman–Crippen LogP) is 8.69. The van der Waals surface area contributed by atoms with E-state index in [4.69, 9.17) is 4.74 Å². The maximum Gasteiger partial charge on any atom is 0.338 e. The number of fused-ring (bicyclic) bond motifs is 1. The lowest BCUT2D eigenvalue weighted by atomic mass is 10.1. The van der Waals surface area contributed by atoms with Crippen molar-refractivity contribution in [2.24, 2.45) is 28.0 Å². The van der Waals surface area contributed by atoms with Crippen LogP contribution < -0.4 is 10.2 Å². The first kappa shape index (κ1) is 31.2. The van der Waals surface area contributed by atoms with Crippen LogP contribution >= 0.6 is 11.3 Å². The molecule has 0 unspecified atom stereocenters. The summed E-state index contributed by atoms with van der Waals surface area (Å²) in [5.74, 6) is 0.858. The third-order valence-corrected chi connectivity index (χ3v) is 7.50. The average molecular weight is 566 g/mol. The van der Waals surface area contributed by atoms with Crippen LogP contribution in [-0.2, 0) is 9.53 Å². The molecule has 0 saturated heterocycles. The fourth-order valence-corrected chi connectivity index (χ4v) is 5.35. The number of nitrogens with one attached hydrogen (secondary N) is 1. The molecule has 1 amide bonds. The molecule has 40 heavy (non-hydrogen) atoms. The minimum absolute atomic E-state index is 0.172. The van der Waals surface area contributed by atoms with Crippen molar-refractivity contribution >= 4 is 55.6 Å². The van der Waals surface area contributed by atoms with Crippen LogP contribution in [-0.4, -0.2) is 36.6 Å². The minimum atomic E-state index is -0.329. The highest BCUT2D eigenvalue weighted by molar-refractivity contribution is 7.21. The molecule has 0 atom stereocenters. The minimum Gasteiger partial charge on any atom is -0.462 e. The second-order valence-electron chi connectivity index (χ2n) is 11.2. The molecule has 3 rings (SSSR count). The van der Waals surface area contributed by atoms with Crippen LogP contribution in [0.25, 0.3) is 10.2 Å². The molecule has 0 saturated carbocycles. The van der Waals surface area contributed by atoms with Crippen LogP contribution in [0.15, 0.2) is 40.6 Å². The number of hydrogen-bond donors (Lipinski definition) is 1. The molecule has 0 bridgehead atoms. The highest BCUT2D eigenvalue weighted by Gasteiger charge is 2.17. The number of hydrogen-bond acceptors (Lipinski definition) is 8. The fourth-order valence-electron chi connectivity index (χ4n) is 4.53. The van der Waals surface area contributed by atoms with Crippen molar-refractivity contribution in [3.8, 4) is 0 Å². The Morgan fingerprint density at radius 1 is 1.02 bits per heavy atom. The maximum absolute atomic E-state index is 12.6. The number of ether oxygens (including phenoxy) is 1. The summed E-state index contributed by atoms with van der Waals surface area (Å²) in [7, 11) is 0. The number of carbonyl (C=O) groups excluding carboxylic acids is 2. The summed E-state index contributed by atoms with van der Waals surface area (Å²) in [6.45, 7) is 18.8. The molecule has 2 aromatic carbocycles. The molecule has 0 spiro atoms. The molecule has 0 radical (unpaired) electrons. The highest BCUT2D eigenvalue weighted by Crippen LogP contribution is 2.36. The lowest BCUT2D eigenvalue weighted by Crippen LogP contribution is -2.32. The van der Waals surface area contributed by atoms with Gasteiger partial charge >= 0.3 is 5.97 Å². The summed E-state index contributed by atoms with van der Waals surface area (Å²) in [4.78, 5) is 31.5. The molecule has 0 fully saturated rings. The Kier molecular flexibility index (Phi) is 11.2. The molecule has 1 heterocycles. The lowest BCUT2D eigenvalue weighted by molar-refractivity contribution is -0.114. The monoisotopic (exact) mass is 565 g/mol. The van der Waals surface area contributed by atoms with E-state index >= 15 is 0 Å². The van der Waals surface area contributed by atoms with Gasteiger partial charge in [-0.25, -0.2) is 9.78 Å². The summed E-state index contributed by atoms with van der Waals surface area (Å²) in [5, 5.41) is 12.3. The maximum atomic E-state index is 12.6. The Morgan fingerprint density at radius 2 is 1.70 bits per heavy atom. The third kappa shape index (κ3) is 8.58. The molecule has 0 aliphatic heterocycles. The van der Waals surface area contributed by atoms with Crippen molar-refractivity contribution < 1.29 is 14.3 Å². The Labute approximate surface area is 242 Å². The van der Waals surface area contributed by atoms with E-state index in [2.05, 4.69) is 73.9 Å². The largest absolute Gasteiger partial charge is 0.462 e. The Bertz CT molecular complexity index is 1330. The number of aryl methyl sites for hydroxylation is 1. The Morgan fingerprint density at radius 3 is 2.30 bits per heavy atom. The van der Waals surface area contributed by atoms with Crippen molar-refractivity contribution in [2.75, 3.05) is 29.9 Å². The summed E-state index contributed by atoms with van der Waals surface area (Å²) in [6.07, 6.45) is 1.96. The number of thiazole rings is 1. The SMILES string of the molecule is CCC(CC)COC(=O)c1ccc2nc(N=Nc3cc(C)c(N(CC(C)C)CC(C)C)cc3NC(C)=O)sc2c1. The van der Waals surface area contributed by atoms with Gasteiger partial charge in [0.25, 0.3) is 0 Å². The number of azo groups is 1. The van der Waals surface area contributed by atoms with Gasteiger partial charge in [0.05, 0.1) is 28.1 Å². The number of aromatic nitrogens is 1. The molecule has 9 heteroatoms. The van der Waals surface area contributed by atoms with E-state index in [0.717, 1.165) is 47.4 Å². The van der Waals surface area contributed by atoms with Crippen molar-refractivity contribution in [3.05, 3.63) is 41.5 Å². The van der Waals surface area contributed by atoms with E-state index in [-0.39, 0.29) is 11.9 Å². The Hall–Kier alpha value is -3.33. The molecule has 1 N–H and O–H groups in total. The van der Waals surface area contributed by atoms with E-state index in [1.54, 1.807) is 18.2 Å². The first-order chi connectivity index (χ1) is 19.0. The van der Waals surface area contributed by atoms with Gasteiger partial charge in [-0.15, -0.1) is 10.2 Å². The van der Waals surface area contributed by atoms with Gasteiger partial charge in [0, 0.05) is 25.7 Å².